The largest absolute Gasteiger partial charge is 0.375 e. The van der Waals surface area contributed by atoms with Crippen LogP contribution in [0.5, 0.6) is 0 Å². The van der Waals surface area contributed by atoms with Gasteiger partial charge >= 0.3 is 0 Å². The molecule has 4 heteroatoms. The van der Waals surface area contributed by atoms with Crippen LogP contribution >= 0.6 is 0 Å². The molecule has 0 aliphatic rings. The number of nitrogens with two attached hydrogens (primary N) is 1. The Balaban J connectivity index is 3.07. The van der Waals surface area contributed by atoms with Crippen LogP contribution in [0.25, 0.3) is 0 Å². The molecular formula is C7H13F2NO. The second-order valence-electron chi connectivity index (χ2n) is 2.15. The Kier molecular flexibility index (Phi) is 5.97. The van der Waals surface area contributed by atoms with Gasteiger partial charge in [0.2, 0.25) is 0 Å². The van der Waals surface area contributed by atoms with Crippen LogP contribution in [0, 0.1) is 0 Å². The maximum atomic E-state index is 11.5. The Labute approximate surface area is 65.0 Å². The molecule has 66 valence electrons. The first-order valence-electron chi connectivity index (χ1n) is 3.41. The first-order chi connectivity index (χ1) is 5.16. The second-order valence-corrected chi connectivity index (χ2v) is 2.15. The minimum Gasteiger partial charge on any atom is -0.375 e. The first kappa shape index (κ1) is 10.5. The third-order valence-electron chi connectivity index (χ3n) is 1.14. The summed E-state index contributed by atoms with van der Waals surface area (Å²) in [6.07, 6.45) is -0.294. The molecule has 1 unspecified atom stereocenters. The van der Waals surface area contributed by atoms with Gasteiger partial charge in [0.05, 0.1) is 0 Å². The van der Waals surface area contributed by atoms with Gasteiger partial charge < -0.3 is 10.5 Å². The smallest absolute Gasteiger partial charge is 0.261 e. The highest BCUT2D eigenvalue weighted by Gasteiger charge is 2.02. The van der Waals surface area contributed by atoms with Crippen molar-refractivity contribution in [2.24, 2.45) is 5.73 Å². The van der Waals surface area contributed by atoms with E-state index in [0.29, 0.717) is 6.42 Å². The van der Waals surface area contributed by atoms with Gasteiger partial charge in [0.1, 0.15) is 6.61 Å². The van der Waals surface area contributed by atoms with Crippen molar-refractivity contribution in [3.8, 4) is 0 Å². The Morgan fingerprint density at radius 2 is 2.18 bits per heavy atom. The van der Waals surface area contributed by atoms with Crippen LogP contribution in [0.3, 0.4) is 0 Å². The van der Waals surface area contributed by atoms with E-state index in [-0.39, 0.29) is 12.6 Å². The van der Waals surface area contributed by atoms with Gasteiger partial charge in [-0.3, -0.25) is 0 Å². The van der Waals surface area contributed by atoms with Crippen molar-refractivity contribution in [3.63, 3.8) is 0 Å². The molecule has 0 spiro atoms. The molecule has 2 nitrogen and oxygen atoms in total. The van der Waals surface area contributed by atoms with Gasteiger partial charge in [-0.25, -0.2) is 8.78 Å². The molecule has 0 heterocycles. The van der Waals surface area contributed by atoms with Crippen molar-refractivity contribution >= 4 is 0 Å². The van der Waals surface area contributed by atoms with Crippen molar-refractivity contribution in [1.82, 2.24) is 0 Å². The molecule has 0 aromatic carbocycles. The Morgan fingerprint density at radius 3 is 2.64 bits per heavy atom. The third-order valence-corrected chi connectivity index (χ3v) is 1.14. The van der Waals surface area contributed by atoms with E-state index >= 15 is 0 Å². The van der Waals surface area contributed by atoms with Crippen LogP contribution in [-0.4, -0.2) is 25.7 Å². The Hall–Kier alpha value is -0.480. The van der Waals surface area contributed by atoms with Crippen LogP contribution in [0.4, 0.5) is 8.78 Å². The Morgan fingerprint density at radius 1 is 1.55 bits per heavy atom. The van der Waals surface area contributed by atoms with E-state index < -0.39 is 13.0 Å². The van der Waals surface area contributed by atoms with E-state index in [2.05, 4.69) is 11.3 Å². The molecule has 0 saturated carbocycles. The topological polar surface area (TPSA) is 35.2 Å². The summed E-state index contributed by atoms with van der Waals surface area (Å²) in [5.74, 6) is 0. The van der Waals surface area contributed by atoms with Gasteiger partial charge in [-0.15, -0.1) is 6.58 Å². The highest BCUT2D eigenvalue weighted by atomic mass is 19.3. The summed E-state index contributed by atoms with van der Waals surface area (Å²) in [6, 6.07) is -0.160. The highest BCUT2D eigenvalue weighted by molar-refractivity contribution is 4.81. The van der Waals surface area contributed by atoms with Gasteiger partial charge in [-0.2, -0.15) is 0 Å². The number of alkyl halides is 2. The molecule has 1 atom stereocenters. The molecule has 0 saturated heterocycles. The summed E-state index contributed by atoms with van der Waals surface area (Å²) < 4.78 is 27.5. The first-order valence-corrected chi connectivity index (χ1v) is 3.41. The fourth-order valence-corrected chi connectivity index (χ4v) is 0.510. The predicted octanol–water partition coefficient (Wildman–Crippen LogP) is 1.17. The lowest BCUT2D eigenvalue weighted by atomic mass is 10.2. The molecule has 0 aliphatic heterocycles. The van der Waals surface area contributed by atoms with Crippen LogP contribution in [0.2, 0.25) is 0 Å². The van der Waals surface area contributed by atoms with E-state index in [9.17, 15) is 8.78 Å². The molecule has 0 amide bonds. The van der Waals surface area contributed by atoms with Crippen molar-refractivity contribution in [2.45, 2.75) is 18.9 Å². The SMILES string of the molecule is C=CC(N)CCOCC(F)F. The van der Waals surface area contributed by atoms with Crippen molar-refractivity contribution in [3.05, 3.63) is 12.7 Å². The van der Waals surface area contributed by atoms with Gasteiger partial charge in [0.25, 0.3) is 6.43 Å². The monoisotopic (exact) mass is 165 g/mol. The second kappa shape index (κ2) is 6.24. The number of hydrogen-bond donors (Lipinski definition) is 1. The summed E-state index contributed by atoms with van der Waals surface area (Å²) in [5, 5.41) is 0. The van der Waals surface area contributed by atoms with Gasteiger partial charge in [-0.1, -0.05) is 6.08 Å². The zero-order valence-corrected chi connectivity index (χ0v) is 6.30. The molecule has 0 bridgehead atoms. The van der Waals surface area contributed by atoms with Crippen molar-refractivity contribution in [2.75, 3.05) is 13.2 Å². The lowest BCUT2D eigenvalue weighted by molar-refractivity contribution is 0.0161. The molecule has 0 aliphatic carbocycles. The maximum Gasteiger partial charge on any atom is 0.261 e. The molecule has 0 aromatic rings. The Bertz CT molecular complexity index is 109. The molecule has 0 fully saturated rings. The predicted molar refractivity (Wildman–Crippen MR) is 39.6 cm³/mol. The minimum absolute atomic E-state index is 0.160. The van der Waals surface area contributed by atoms with Crippen LogP contribution in [-0.2, 0) is 4.74 Å². The lowest BCUT2D eigenvalue weighted by Crippen LogP contribution is -2.19. The number of ether oxygens (including phenoxy) is 1. The van der Waals surface area contributed by atoms with E-state index in [1.807, 2.05) is 0 Å². The highest BCUT2D eigenvalue weighted by Crippen LogP contribution is 1.95. The maximum absolute atomic E-state index is 11.5. The zero-order valence-electron chi connectivity index (χ0n) is 6.30. The fraction of sp³-hybridized carbons (Fsp3) is 0.714. The number of rotatable bonds is 6. The summed E-state index contributed by atoms with van der Waals surface area (Å²) in [5.41, 5.74) is 5.40. The quantitative estimate of drug-likeness (QED) is 0.473. The van der Waals surface area contributed by atoms with E-state index in [0.717, 1.165) is 0 Å². The normalized spacial score (nSPS) is 13.5. The van der Waals surface area contributed by atoms with Crippen LogP contribution in [0.1, 0.15) is 6.42 Å². The van der Waals surface area contributed by atoms with Crippen LogP contribution in [0.15, 0.2) is 12.7 Å². The minimum atomic E-state index is -2.39. The molecule has 11 heavy (non-hydrogen) atoms. The van der Waals surface area contributed by atoms with E-state index in [1.165, 1.54) is 0 Å². The number of halogens is 2. The average molecular weight is 165 g/mol. The van der Waals surface area contributed by atoms with Gasteiger partial charge in [0, 0.05) is 12.6 Å². The fourth-order valence-electron chi connectivity index (χ4n) is 0.510. The van der Waals surface area contributed by atoms with E-state index in [1.54, 1.807) is 6.08 Å². The van der Waals surface area contributed by atoms with E-state index in [4.69, 9.17) is 5.73 Å². The molecular weight excluding hydrogens is 152 g/mol. The molecule has 0 radical (unpaired) electrons. The lowest BCUT2D eigenvalue weighted by Gasteiger charge is -2.05. The molecule has 0 rings (SSSR count). The van der Waals surface area contributed by atoms with Crippen molar-refractivity contribution < 1.29 is 13.5 Å². The summed E-state index contributed by atoms with van der Waals surface area (Å²) in [7, 11) is 0. The molecule has 2 N–H and O–H groups in total. The summed E-state index contributed by atoms with van der Waals surface area (Å²) >= 11 is 0. The molecule has 0 aromatic heterocycles. The standard InChI is InChI=1S/C7H13F2NO/c1-2-6(10)3-4-11-5-7(8)9/h2,6-7H,1,3-5,10H2. The number of hydrogen-bond acceptors (Lipinski definition) is 2. The summed E-state index contributed by atoms with van der Waals surface area (Å²) in [4.78, 5) is 0. The van der Waals surface area contributed by atoms with Crippen LogP contribution < -0.4 is 5.73 Å². The van der Waals surface area contributed by atoms with Crippen molar-refractivity contribution in [1.29, 1.82) is 0 Å². The zero-order chi connectivity index (χ0) is 8.69. The summed E-state index contributed by atoms with van der Waals surface area (Å²) in [6.45, 7) is 3.20. The average Bonchev–Trinajstić information content (AvgIpc) is 1.97. The van der Waals surface area contributed by atoms with Gasteiger partial charge in [-0.05, 0) is 6.42 Å². The van der Waals surface area contributed by atoms with Gasteiger partial charge in [0.15, 0.2) is 0 Å². The third kappa shape index (κ3) is 7.42.